The largest absolute Gasteiger partial charge is 0.411 e. The summed E-state index contributed by atoms with van der Waals surface area (Å²) in [6.45, 7) is 0. The normalized spacial score (nSPS) is 11.4. The number of nitrogen functional groups attached to an aromatic ring is 1. The zero-order valence-corrected chi connectivity index (χ0v) is 13.6. The van der Waals surface area contributed by atoms with Gasteiger partial charge in [0.25, 0.3) is 0 Å². The summed E-state index contributed by atoms with van der Waals surface area (Å²) in [5, 5.41) is 8.42. The highest BCUT2D eigenvalue weighted by molar-refractivity contribution is 5.69. The Kier molecular flexibility index (Phi) is 3.70. The molecule has 0 amide bonds. The second kappa shape index (κ2) is 6.16. The number of anilines is 1. The maximum atomic E-state index is 5.82. The van der Waals surface area contributed by atoms with Gasteiger partial charge in [-0.25, -0.2) is 4.57 Å². The molecule has 2 heterocycles. The van der Waals surface area contributed by atoms with Gasteiger partial charge in [-0.3, -0.25) is 0 Å². The Labute approximate surface area is 144 Å². The molecule has 0 bridgehead atoms. The first-order valence-electron chi connectivity index (χ1n) is 7.82. The molecule has 0 aliphatic heterocycles. The van der Waals surface area contributed by atoms with E-state index in [9.17, 15) is 0 Å². The molecule has 6 nitrogen and oxygen atoms in total. The van der Waals surface area contributed by atoms with Gasteiger partial charge in [-0.2, -0.15) is 10.2 Å². The van der Waals surface area contributed by atoms with Gasteiger partial charge in [0.1, 0.15) is 0 Å². The van der Waals surface area contributed by atoms with E-state index in [0.717, 1.165) is 28.2 Å². The van der Waals surface area contributed by atoms with Gasteiger partial charge in [-0.1, -0.05) is 0 Å². The van der Waals surface area contributed by atoms with Crippen LogP contribution in [0.1, 0.15) is 0 Å². The van der Waals surface area contributed by atoms with Gasteiger partial charge in [-0.15, -0.1) is 0 Å². The summed E-state index contributed by atoms with van der Waals surface area (Å²) < 4.78 is 7.75. The van der Waals surface area contributed by atoms with Crippen LogP contribution >= 0.6 is 0 Å². The van der Waals surface area contributed by atoms with Crippen molar-refractivity contribution in [1.82, 2.24) is 4.98 Å². The molecular formula is C19H16N5O+. The summed E-state index contributed by atoms with van der Waals surface area (Å²) in [5.41, 5.74) is 10.3. The second-order valence-electron chi connectivity index (χ2n) is 5.66. The fourth-order valence-electron chi connectivity index (χ4n) is 2.47. The molecule has 0 saturated heterocycles. The molecule has 0 aliphatic rings. The molecule has 0 atom stereocenters. The lowest BCUT2D eigenvalue weighted by Crippen LogP contribution is -2.27. The molecule has 4 aromatic rings. The molecule has 2 aromatic heterocycles. The van der Waals surface area contributed by atoms with Crippen molar-refractivity contribution in [3.63, 3.8) is 0 Å². The number of benzene rings is 2. The molecule has 4 rings (SSSR count). The highest BCUT2D eigenvalue weighted by Crippen LogP contribution is 2.25. The highest BCUT2D eigenvalue weighted by atomic mass is 16.3. The average Bonchev–Trinajstić information content (AvgIpc) is 3.07. The Morgan fingerprint density at radius 2 is 1.56 bits per heavy atom. The SMILES string of the molecule is C[n+]1cccc2oc(-c3ccc(N=Nc4ccc(N)cc4)cc3)nc21. The number of rotatable bonds is 3. The third-order valence-corrected chi connectivity index (χ3v) is 3.81. The summed E-state index contributed by atoms with van der Waals surface area (Å²) in [7, 11) is 1.94. The lowest BCUT2D eigenvalue weighted by Gasteiger charge is -1.95. The Morgan fingerprint density at radius 3 is 2.20 bits per heavy atom. The molecule has 2 aromatic carbocycles. The smallest absolute Gasteiger partial charge is 0.370 e. The highest BCUT2D eigenvalue weighted by Gasteiger charge is 2.18. The van der Waals surface area contributed by atoms with Crippen molar-refractivity contribution in [1.29, 1.82) is 0 Å². The van der Waals surface area contributed by atoms with Crippen molar-refractivity contribution >= 4 is 28.3 Å². The summed E-state index contributed by atoms with van der Waals surface area (Å²) in [6.07, 6.45) is 1.94. The molecular weight excluding hydrogens is 314 g/mol. The molecule has 6 heteroatoms. The van der Waals surface area contributed by atoms with E-state index in [2.05, 4.69) is 15.2 Å². The van der Waals surface area contributed by atoms with Crippen LogP contribution in [0.3, 0.4) is 0 Å². The Bertz CT molecular complexity index is 1050. The molecule has 0 spiro atoms. The fraction of sp³-hybridized carbons (Fsp3) is 0.0526. The summed E-state index contributed by atoms with van der Waals surface area (Å²) >= 11 is 0. The Balaban J connectivity index is 1.58. The first-order valence-corrected chi connectivity index (χ1v) is 7.82. The van der Waals surface area contributed by atoms with E-state index in [1.165, 1.54) is 0 Å². The lowest BCUT2D eigenvalue weighted by molar-refractivity contribution is -0.646. The average molecular weight is 330 g/mol. The number of fused-ring (bicyclic) bond motifs is 1. The van der Waals surface area contributed by atoms with Crippen molar-refractivity contribution in [2.75, 3.05) is 5.73 Å². The van der Waals surface area contributed by atoms with Gasteiger partial charge < -0.3 is 10.2 Å². The maximum absolute atomic E-state index is 5.82. The third-order valence-electron chi connectivity index (χ3n) is 3.81. The number of aryl methyl sites for hydroxylation is 1. The first-order chi connectivity index (χ1) is 12.2. The molecule has 0 fully saturated rings. The fourth-order valence-corrected chi connectivity index (χ4v) is 2.47. The molecule has 0 unspecified atom stereocenters. The van der Waals surface area contributed by atoms with Crippen LogP contribution in [0.5, 0.6) is 0 Å². The van der Waals surface area contributed by atoms with Gasteiger partial charge in [0, 0.05) is 10.7 Å². The number of aromatic nitrogens is 2. The van der Waals surface area contributed by atoms with Crippen molar-refractivity contribution in [3.8, 4) is 11.5 Å². The van der Waals surface area contributed by atoms with Gasteiger partial charge in [0.05, 0.1) is 30.2 Å². The maximum Gasteiger partial charge on any atom is 0.370 e. The Morgan fingerprint density at radius 1 is 0.920 bits per heavy atom. The number of nitrogens with two attached hydrogens (primary N) is 1. The van der Waals surface area contributed by atoms with E-state index < -0.39 is 0 Å². The minimum atomic E-state index is 0.582. The Hall–Kier alpha value is -3.54. The van der Waals surface area contributed by atoms with Crippen LogP contribution in [0.15, 0.2) is 81.5 Å². The quantitative estimate of drug-likeness (QED) is 0.345. The zero-order valence-electron chi connectivity index (χ0n) is 13.6. The summed E-state index contributed by atoms with van der Waals surface area (Å²) in [5.74, 6) is 0.582. The van der Waals surface area contributed by atoms with Crippen LogP contribution in [-0.2, 0) is 7.05 Å². The van der Waals surface area contributed by atoms with E-state index in [4.69, 9.17) is 10.2 Å². The van der Waals surface area contributed by atoms with Gasteiger partial charge in [-0.05, 0) is 60.7 Å². The number of pyridine rings is 1. The molecule has 2 N–H and O–H groups in total. The van der Waals surface area contributed by atoms with E-state index >= 15 is 0 Å². The van der Waals surface area contributed by atoms with E-state index in [-0.39, 0.29) is 0 Å². The molecule has 122 valence electrons. The molecule has 25 heavy (non-hydrogen) atoms. The molecule has 0 radical (unpaired) electrons. The van der Waals surface area contributed by atoms with Crippen molar-refractivity contribution in [2.45, 2.75) is 0 Å². The zero-order chi connectivity index (χ0) is 17.2. The number of nitrogens with zero attached hydrogens (tertiary/aromatic N) is 4. The number of hydrogen-bond acceptors (Lipinski definition) is 5. The molecule has 0 aliphatic carbocycles. The molecule has 0 saturated carbocycles. The summed E-state index contributed by atoms with van der Waals surface area (Å²) in [4.78, 5) is 4.54. The predicted molar refractivity (Wildman–Crippen MR) is 95.7 cm³/mol. The summed E-state index contributed by atoms with van der Waals surface area (Å²) in [6, 6.07) is 18.7. The third kappa shape index (κ3) is 3.10. The van der Waals surface area contributed by atoms with Crippen molar-refractivity contribution in [3.05, 3.63) is 66.9 Å². The van der Waals surface area contributed by atoms with Gasteiger partial charge in [0.2, 0.25) is 5.58 Å². The van der Waals surface area contributed by atoms with E-state index in [0.29, 0.717) is 11.6 Å². The monoisotopic (exact) mass is 330 g/mol. The number of hydrogen-bond donors (Lipinski definition) is 1. The van der Waals surface area contributed by atoms with E-state index in [1.807, 2.05) is 66.3 Å². The van der Waals surface area contributed by atoms with Crippen molar-refractivity contribution < 1.29 is 8.98 Å². The minimum Gasteiger partial charge on any atom is -0.411 e. The van der Waals surface area contributed by atoms with Crippen LogP contribution < -0.4 is 10.3 Å². The topological polar surface area (TPSA) is 80.6 Å². The minimum absolute atomic E-state index is 0.582. The van der Waals surface area contributed by atoms with Crippen LogP contribution in [-0.4, -0.2) is 4.98 Å². The van der Waals surface area contributed by atoms with Crippen LogP contribution in [0.2, 0.25) is 0 Å². The van der Waals surface area contributed by atoms with Crippen LogP contribution in [0.4, 0.5) is 17.1 Å². The van der Waals surface area contributed by atoms with Gasteiger partial charge >= 0.3 is 11.5 Å². The van der Waals surface area contributed by atoms with Crippen molar-refractivity contribution in [2.24, 2.45) is 17.3 Å². The van der Waals surface area contributed by atoms with Crippen LogP contribution in [0.25, 0.3) is 22.7 Å². The number of oxazole rings is 1. The standard InChI is InChI=1S/C19H15N5O/c1-24-12-2-3-17-18(24)21-19(25-17)13-4-8-15(9-5-13)22-23-16-10-6-14(20)7-11-16/h2-12,20H,1H3/p+1. The number of azo groups is 1. The predicted octanol–water partition coefficient (Wildman–Crippen LogP) is 4.32. The van der Waals surface area contributed by atoms with E-state index in [1.54, 1.807) is 12.1 Å². The van der Waals surface area contributed by atoms with Gasteiger partial charge in [0.15, 0.2) is 0 Å². The van der Waals surface area contributed by atoms with Crippen LogP contribution in [0, 0.1) is 0 Å². The first kappa shape index (κ1) is 15.0. The lowest BCUT2D eigenvalue weighted by atomic mass is 10.2. The second-order valence-corrected chi connectivity index (χ2v) is 5.66.